The van der Waals surface area contributed by atoms with E-state index in [1.165, 1.54) is 19.1 Å². The summed E-state index contributed by atoms with van der Waals surface area (Å²) in [5.41, 5.74) is 1.13. The van der Waals surface area contributed by atoms with Gasteiger partial charge in [0, 0.05) is 17.3 Å². The number of benzene rings is 2. The third-order valence-electron chi connectivity index (χ3n) is 3.07. The van der Waals surface area contributed by atoms with Crippen LogP contribution in [0.4, 0.5) is 10.5 Å². The van der Waals surface area contributed by atoms with E-state index >= 15 is 0 Å². The number of carbonyl (C=O) groups excluding carboxylic acids is 1. The normalized spacial score (nSPS) is 10.0. The smallest absolute Gasteiger partial charge is 0.411 e. The fourth-order valence-electron chi connectivity index (χ4n) is 1.87. The lowest BCUT2D eigenvalue weighted by molar-refractivity contribution is 0.0695. The summed E-state index contributed by atoms with van der Waals surface area (Å²) in [5.74, 6) is -1.40. The second-order valence-electron chi connectivity index (χ2n) is 4.66. The van der Waals surface area contributed by atoms with Gasteiger partial charge in [0.15, 0.2) is 0 Å². The Labute approximate surface area is 127 Å². The molecular weight excluding hydrogens is 286 g/mol. The quantitative estimate of drug-likeness (QED) is 0.806. The van der Waals surface area contributed by atoms with Gasteiger partial charge in [-0.2, -0.15) is 0 Å². The number of hydrogen-bond donors (Lipinski definition) is 3. The van der Waals surface area contributed by atoms with Crippen molar-refractivity contribution in [3.63, 3.8) is 0 Å². The number of ether oxygens (including phenoxy) is 1. The van der Waals surface area contributed by atoms with Gasteiger partial charge in [0.05, 0.1) is 5.56 Å². The van der Waals surface area contributed by atoms with E-state index in [0.29, 0.717) is 0 Å². The highest BCUT2D eigenvalue weighted by atomic mass is 16.5. The van der Waals surface area contributed by atoms with Crippen LogP contribution in [0.1, 0.15) is 21.5 Å². The van der Waals surface area contributed by atoms with Crippen LogP contribution in [-0.2, 0) is 11.3 Å². The molecule has 6 nitrogen and oxygen atoms in total. The zero-order valence-corrected chi connectivity index (χ0v) is 11.9. The van der Waals surface area contributed by atoms with Gasteiger partial charge in [-0.05, 0) is 18.6 Å². The Balaban J connectivity index is 2.04. The SMILES string of the molecule is Cc1c(O)cc(NC(=O)OCc2ccccc2)cc1C(=O)O. The maximum atomic E-state index is 11.7. The van der Waals surface area contributed by atoms with Crippen LogP contribution in [0.15, 0.2) is 42.5 Å². The molecule has 0 saturated heterocycles. The number of carbonyl (C=O) groups is 2. The molecule has 2 aromatic carbocycles. The summed E-state index contributed by atoms with van der Waals surface area (Å²) in [6.45, 7) is 1.58. The van der Waals surface area contributed by atoms with E-state index < -0.39 is 12.1 Å². The molecule has 0 saturated carbocycles. The van der Waals surface area contributed by atoms with Gasteiger partial charge in [-0.1, -0.05) is 30.3 Å². The van der Waals surface area contributed by atoms with E-state index in [-0.39, 0.29) is 29.2 Å². The first kappa shape index (κ1) is 15.4. The van der Waals surface area contributed by atoms with Crippen molar-refractivity contribution in [1.29, 1.82) is 0 Å². The summed E-state index contributed by atoms with van der Waals surface area (Å²) in [4.78, 5) is 22.8. The maximum Gasteiger partial charge on any atom is 0.411 e. The number of carboxylic acid groups (broad SMARTS) is 1. The number of rotatable bonds is 4. The van der Waals surface area contributed by atoms with Gasteiger partial charge in [0.25, 0.3) is 0 Å². The minimum absolute atomic E-state index is 0.0849. The predicted octanol–water partition coefficient (Wildman–Crippen LogP) is 3.15. The Morgan fingerprint density at radius 3 is 2.50 bits per heavy atom. The van der Waals surface area contributed by atoms with Crippen molar-refractivity contribution in [3.05, 3.63) is 59.2 Å². The summed E-state index contributed by atoms with van der Waals surface area (Å²) in [6.07, 6.45) is -0.733. The first-order valence-corrected chi connectivity index (χ1v) is 6.52. The summed E-state index contributed by atoms with van der Waals surface area (Å²) in [5, 5.41) is 21.1. The number of carboxylic acids is 1. The molecule has 0 aliphatic heterocycles. The molecular formula is C16H15NO5. The Hall–Kier alpha value is -3.02. The van der Waals surface area contributed by atoms with E-state index in [9.17, 15) is 14.7 Å². The van der Waals surface area contributed by atoms with Crippen LogP contribution >= 0.6 is 0 Å². The average molecular weight is 301 g/mol. The van der Waals surface area contributed by atoms with Crippen molar-refractivity contribution < 1.29 is 24.5 Å². The highest BCUT2D eigenvalue weighted by Crippen LogP contribution is 2.25. The molecule has 0 bridgehead atoms. The average Bonchev–Trinajstić information content (AvgIpc) is 2.49. The van der Waals surface area contributed by atoms with E-state index in [0.717, 1.165) is 5.56 Å². The number of hydrogen-bond acceptors (Lipinski definition) is 4. The lowest BCUT2D eigenvalue weighted by atomic mass is 10.1. The molecule has 6 heteroatoms. The van der Waals surface area contributed by atoms with Gasteiger partial charge in [-0.15, -0.1) is 0 Å². The molecule has 2 rings (SSSR count). The minimum atomic E-state index is -1.19. The number of amides is 1. The Morgan fingerprint density at radius 2 is 1.86 bits per heavy atom. The monoisotopic (exact) mass is 301 g/mol. The zero-order valence-electron chi connectivity index (χ0n) is 11.9. The third kappa shape index (κ3) is 3.76. The predicted molar refractivity (Wildman–Crippen MR) is 80.1 cm³/mol. The van der Waals surface area contributed by atoms with E-state index in [2.05, 4.69) is 5.32 Å². The fourth-order valence-corrected chi connectivity index (χ4v) is 1.87. The first-order chi connectivity index (χ1) is 10.5. The number of aromatic hydroxyl groups is 1. The highest BCUT2D eigenvalue weighted by Gasteiger charge is 2.14. The molecule has 3 N–H and O–H groups in total. The second kappa shape index (κ2) is 6.62. The van der Waals surface area contributed by atoms with Crippen molar-refractivity contribution in [2.24, 2.45) is 0 Å². The number of nitrogens with one attached hydrogen (secondary N) is 1. The van der Waals surface area contributed by atoms with Crippen molar-refractivity contribution in [1.82, 2.24) is 0 Å². The number of aromatic carboxylic acids is 1. The molecule has 0 heterocycles. The first-order valence-electron chi connectivity index (χ1n) is 6.52. The molecule has 114 valence electrons. The maximum absolute atomic E-state index is 11.7. The molecule has 0 radical (unpaired) electrons. The fraction of sp³-hybridized carbons (Fsp3) is 0.125. The molecule has 2 aromatic rings. The largest absolute Gasteiger partial charge is 0.508 e. The van der Waals surface area contributed by atoms with Crippen LogP contribution in [0.3, 0.4) is 0 Å². The second-order valence-corrected chi connectivity index (χ2v) is 4.66. The number of phenolic OH excluding ortho intramolecular Hbond substituents is 1. The van der Waals surface area contributed by atoms with E-state index in [1.54, 1.807) is 0 Å². The van der Waals surface area contributed by atoms with Crippen LogP contribution in [0.25, 0.3) is 0 Å². The third-order valence-corrected chi connectivity index (χ3v) is 3.07. The van der Waals surface area contributed by atoms with Crippen molar-refractivity contribution >= 4 is 17.7 Å². The van der Waals surface area contributed by atoms with Gasteiger partial charge in [0.1, 0.15) is 12.4 Å². The Bertz CT molecular complexity index is 697. The van der Waals surface area contributed by atoms with Crippen molar-refractivity contribution in [2.45, 2.75) is 13.5 Å². The Kier molecular flexibility index (Phi) is 4.63. The molecule has 22 heavy (non-hydrogen) atoms. The standard InChI is InChI=1S/C16H15NO5/c1-10-13(15(19)20)7-12(8-14(10)18)17-16(21)22-9-11-5-3-2-4-6-11/h2-8,18H,9H2,1H3,(H,17,21)(H,19,20). The van der Waals surface area contributed by atoms with Crippen LogP contribution in [0.2, 0.25) is 0 Å². The molecule has 0 aromatic heterocycles. The molecule has 0 atom stereocenters. The van der Waals surface area contributed by atoms with Crippen LogP contribution in [0, 0.1) is 6.92 Å². The molecule has 0 fully saturated rings. The molecule has 1 amide bonds. The molecule has 0 unspecified atom stereocenters. The van der Waals surface area contributed by atoms with E-state index in [4.69, 9.17) is 9.84 Å². The van der Waals surface area contributed by atoms with Crippen LogP contribution in [-0.4, -0.2) is 22.3 Å². The van der Waals surface area contributed by atoms with E-state index in [1.807, 2.05) is 30.3 Å². The number of phenols is 1. The van der Waals surface area contributed by atoms with Crippen molar-refractivity contribution in [2.75, 3.05) is 5.32 Å². The van der Waals surface area contributed by atoms with Gasteiger partial charge in [0.2, 0.25) is 0 Å². The minimum Gasteiger partial charge on any atom is -0.508 e. The molecule has 0 spiro atoms. The topological polar surface area (TPSA) is 95.9 Å². The number of anilines is 1. The summed E-state index contributed by atoms with van der Waals surface area (Å²) < 4.78 is 5.02. The van der Waals surface area contributed by atoms with Crippen molar-refractivity contribution in [3.8, 4) is 5.75 Å². The lowest BCUT2D eigenvalue weighted by Crippen LogP contribution is -2.14. The summed E-state index contributed by atoms with van der Waals surface area (Å²) in [7, 11) is 0. The summed E-state index contributed by atoms with van der Waals surface area (Å²) >= 11 is 0. The molecule has 0 aliphatic carbocycles. The highest BCUT2D eigenvalue weighted by molar-refractivity contribution is 5.93. The van der Waals surface area contributed by atoms with Gasteiger partial charge < -0.3 is 14.9 Å². The van der Waals surface area contributed by atoms with Crippen LogP contribution in [0.5, 0.6) is 5.75 Å². The summed E-state index contributed by atoms with van der Waals surface area (Å²) in [6, 6.07) is 11.7. The lowest BCUT2D eigenvalue weighted by Gasteiger charge is -2.10. The molecule has 0 aliphatic rings. The van der Waals surface area contributed by atoms with Crippen LogP contribution < -0.4 is 5.32 Å². The zero-order chi connectivity index (χ0) is 16.1. The van der Waals surface area contributed by atoms with Gasteiger partial charge >= 0.3 is 12.1 Å². The Morgan fingerprint density at radius 1 is 1.18 bits per heavy atom. The van der Waals surface area contributed by atoms with Gasteiger partial charge in [-0.3, -0.25) is 5.32 Å². The van der Waals surface area contributed by atoms with Gasteiger partial charge in [-0.25, -0.2) is 9.59 Å².